The molecule has 0 amide bonds. The second-order valence-corrected chi connectivity index (χ2v) is 2.82. The van der Waals surface area contributed by atoms with E-state index in [1.54, 1.807) is 0 Å². The Balaban J connectivity index is 2.12. The van der Waals surface area contributed by atoms with Crippen LogP contribution in [0.15, 0.2) is 0 Å². The maximum Gasteiger partial charge on any atom is 0.417 e. The normalized spacial score (nSPS) is 36.0. The molecule has 1 saturated heterocycles. The summed E-state index contributed by atoms with van der Waals surface area (Å²) in [6, 6.07) is 0. The maximum absolute atomic E-state index is 10.6. The van der Waals surface area contributed by atoms with Gasteiger partial charge in [0.25, 0.3) is 0 Å². The van der Waals surface area contributed by atoms with Crippen LogP contribution in [-0.4, -0.2) is 24.1 Å². The van der Waals surface area contributed by atoms with Gasteiger partial charge in [-0.1, -0.05) is 0 Å². The van der Waals surface area contributed by atoms with Gasteiger partial charge in [-0.15, -0.1) is 0 Å². The summed E-state index contributed by atoms with van der Waals surface area (Å²) in [6.07, 6.45) is 2.28. The number of rotatable bonds is 0. The zero-order chi connectivity index (χ0) is 7.84. The number of hydrogen-bond donors (Lipinski definition) is 0. The smallest absolute Gasteiger partial charge is 0.417 e. The molecular formula is C7H8O4. The fourth-order valence-electron chi connectivity index (χ4n) is 1.53. The first-order valence-electron chi connectivity index (χ1n) is 3.69. The van der Waals surface area contributed by atoms with Crippen LogP contribution in [0.1, 0.15) is 19.3 Å². The number of hydrogen-bond acceptors (Lipinski definition) is 4. The molecule has 4 heteroatoms. The van der Waals surface area contributed by atoms with Crippen LogP contribution in [0.25, 0.3) is 0 Å². The maximum atomic E-state index is 10.6. The van der Waals surface area contributed by atoms with E-state index in [1.165, 1.54) is 0 Å². The van der Waals surface area contributed by atoms with E-state index in [1.807, 2.05) is 0 Å². The summed E-state index contributed by atoms with van der Waals surface area (Å²) in [5, 5.41) is 0. The molecule has 11 heavy (non-hydrogen) atoms. The highest BCUT2D eigenvalue weighted by Gasteiger charge is 2.40. The van der Waals surface area contributed by atoms with Gasteiger partial charge >= 0.3 is 11.9 Å². The van der Waals surface area contributed by atoms with E-state index >= 15 is 0 Å². The molecule has 0 aromatic heterocycles. The van der Waals surface area contributed by atoms with Crippen LogP contribution in [0.3, 0.4) is 0 Å². The van der Waals surface area contributed by atoms with Crippen LogP contribution >= 0.6 is 0 Å². The minimum absolute atomic E-state index is 0.166. The SMILES string of the molecule is O=C1O[C@H]2CCC[C@@H]2OC1=O. The van der Waals surface area contributed by atoms with Gasteiger partial charge in [0.2, 0.25) is 0 Å². The third-order valence-electron chi connectivity index (χ3n) is 2.08. The molecule has 0 unspecified atom stereocenters. The first-order chi connectivity index (χ1) is 5.27. The average molecular weight is 156 g/mol. The van der Waals surface area contributed by atoms with Gasteiger partial charge in [0.1, 0.15) is 12.2 Å². The highest BCUT2D eigenvalue weighted by molar-refractivity contribution is 6.30. The molecular weight excluding hydrogens is 148 g/mol. The highest BCUT2D eigenvalue weighted by atomic mass is 16.6. The van der Waals surface area contributed by atoms with Crippen LogP contribution in [0.5, 0.6) is 0 Å². The predicted octanol–water partition coefficient (Wildman–Crippen LogP) is 0.00750. The summed E-state index contributed by atoms with van der Waals surface area (Å²) in [5.74, 6) is -1.68. The summed E-state index contributed by atoms with van der Waals surface area (Å²) in [5.41, 5.74) is 0. The molecule has 2 fully saturated rings. The van der Waals surface area contributed by atoms with Crippen molar-refractivity contribution in [3.63, 3.8) is 0 Å². The van der Waals surface area contributed by atoms with Gasteiger partial charge in [-0.3, -0.25) is 0 Å². The molecule has 0 aromatic rings. The lowest BCUT2D eigenvalue weighted by atomic mass is 10.2. The predicted molar refractivity (Wildman–Crippen MR) is 33.6 cm³/mol. The van der Waals surface area contributed by atoms with Crippen molar-refractivity contribution in [2.24, 2.45) is 0 Å². The highest BCUT2D eigenvalue weighted by Crippen LogP contribution is 2.27. The lowest BCUT2D eigenvalue weighted by molar-refractivity contribution is -0.191. The topological polar surface area (TPSA) is 52.6 Å². The van der Waals surface area contributed by atoms with Gasteiger partial charge < -0.3 is 9.47 Å². The molecule has 0 radical (unpaired) electrons. The quantitative estimate of drug-likeness (QED) is 0.366. The Bertz CT molecular complexity index is 188. The van der Waals surface area contributed by atoms with Crippen molar-refractivity contribution >= 4 is 11.9 Å². The molecule has 1 aliphatic carbocycles. The second kappa shape index (κ2) is 2.22. The minimum atomic E-state index is -0.840. The van der Waals surface area contributed by atoms with E-state index in [9.17, 15) is 9.59 Å². The lowest BCUT2D eigenvalue weighted by Gasteiger charge is -2.24. The fourth-order valence-corrected chi connectivity index (χ4v) is 1.53. The van der Waals surface area contributed by atoms with E-state index in [4.69, 9.17) is 9.47 Å². The van der Waals surface area contributed by atoms with Gasteiger partial charge in [0, 0.05) is 0 Å². The number of carbonyl (C=O) groups is 2. The third kappa shape index (κ3) is 0.982. The molecule has 1 saturated carbocycles. The minimum Gasteiger partial charge on any atom is -0.450 e. The standard InChI is InChI=1S/C7H8O4/c8-6-7(9)11-5-3-1-2-4(5)10-6/h4-5H,1-3H2/t4-,5-/m0/s1. The van der Waals surface area contributed by atoms with Crippen molar-refractivity contribution in [2.45, 2.75) is 31.5 Å². The monoisotopic (exact) mass is 156 g/mol. The molecule has 0 spiro atoms. The Morgan fingerprint density at radius 2 is 1.45 bits per heavy atom. The third-order valence-corrected chi connectivity index (χ3v) is 2.08. The lowest BCUT2D eigenvalue weighted by Crippen LogP contribution is -2.41. The molecule has 1 aliphatic heterocycles. The van der Waals surface area contributed by atoms with E-state index in [-0.39, 0.29) is 12.2 Å². The summed E-state index contributed by atoms with van der Waals surface area (Å²) in [4.78, 5) is 21.3. The van der Waals surface area contributed by atoms with Gasteiger partial charge in [-0.25, -0.2) is 9.59 Å². The number of carbonyl (C=O) groups excluding carboxylic acids is 2. The van der Waals surface area contributed by atoms with E-state index < -0.39 is 11.9 Å². The van der Waals surface area contributed by atoms with Crippen molar-refractivity contribution in [2.75, 3.05) is 0 Å². The molecule has 2 rings (SSSR count). The average Bonchev–Trinajstić information content (AvgIpc) is 2.36. The van der Waals surface area contributed by atoms with Crippen molar-refractivity contribution in [1.29, 1.82) is 0 Å². The van der Waals surface area contributed by atoms with E-state index in [0.717, 1.165) is 19.3 Å². The van der Waals surface area contributed by atoms with Crippen molar-refractivity contribution < 1.29 is 19.1 Å². The second-order valence-electron chi connectivity index (χ2n) is 2.82. The van der Waals surface area contributed by atoms with Gasteiger partial charge in [-0.05, 0) is 19.3 Å². The summed E-state index contributed by atoms with van der Waals surface area (Å²) in [7, 11) is 0. The van der Waals surface area contributed by atoms with Gasteiger partial charge in [-0.2, -0.15) is 0 Å². The summed E-state index contributed by atoms with van der Waals surface area (Å²) in [6.45, 7) is 0. The molecule has 2 aliphatic rings. The molecule has 0 aromatic carbocycles. The Kier molecular flexibility index (Phi) is 1.34. The van der Waals surface area contributed by atoms with Crippen molar-refractivity contribution in [3.05, 3.63) is 0 Å². The molecule has 4 nitrogen and oxygen atoms in total. The fraction of sp³-hybridized carbons (Fsp3) is 0.714. The summed E-state index contributed by atoms with van der Waals surface area (Å²) < 4.78 is 9.62. The molecule has 1 heterocycles. The van der Waals surface area contributed by atoms with Crippen molar-refractivity contribution in [3.8, 4) is 0 Å². The molecule has 60 valence electrons. The summed E-state index contributed by atoms with van der Waals surface area (Å²) >= 11 is 0. The van der Waals surface area contributed by atoms with Crippen LogP contribution in [0.4, 0.5) is 0 Å². The van der Waals surface area contributed by atoms with E-state index in [2.05, 4.69) is 0 Å². The zero-order valence-electron chi connectivity index (χ0n) is 5.91. The van der Waals surface area contributed by atoms with Gasteiger partial charge in [0.15, 0.2) is 0 Å². The van der Waals surface area contributed by atoms with Crippen LogP contribution in [0, 0.1) is 0 Å². The van der Waals surface area contributed by atoms with Crippen LogP contribution in [-0.2, 0) is 19.1 Å². The Morgan fingerprint density at radius 3 is 1.91 bits per heavy atom. The Labute approximate surface area is 63.5 Å². The number of esters is 2. The van der Waals surface area contributed by atoms with Crippen LogP contribution < -0.4 is 0 Å². The number of fused-ring (bicyclic) bond motifs is 1. The Hall–Kier alpha value is -1.06. The van der Waals surface area contributed by atoms with Crippen LogP contribution in [0.2, 0.25) is 0 Å². The first-order valence-corrected chi connectivity index (χ1v) is 3.69. The van der Waals surface area contributed by atoms with E-state index in [0.29, 0.717) is 0 Å². The number of ether oxygens (including phenoxy) is 2. The first kappa shape index (κ1) is 6.64. The van der Waals surface area contributed by atoms with Crippen molar-refractivity contribution in [1.82, 2.24) is 0 Å². The largest absolute Gasteiger partial charge is 0.450 e. The Morgan fingerprint density at radius 1 is 1.00 bits per heavy atom. The zero-order valence-corrected chi connectivity index (χ0v) is 5.91. The van der Waals surface area contributed by atoms with Gasteiger partial charge in [0.05, 0.1) is 0 Å². The molecule has 0 N–H and O–H groups in total. The molecule has 0 bridgehead atoms. The molecule has 2 atom stereocenters.